The molecule has 0 aliphatic heterocycles. The van der Waals surface area contributed by atoms with Crippen molar-refractivity contribution in [3.8, 4) is 17.6 Å². The molecule has 2 aromatic carbocycles. The van der Waals surface area contributed by atoms with Gasteiger partial charge in [-0.25, -0.2) is 9.18 Å². The first-order valence-corrected chi connectivity index (χ1v) is 9.06. The van der Waals surface area contributed by atoms with Gasteiger partial charge in [0, 0.05) is 15.6 Å². The van der Waals surface area contributed by atoms with Crippen molar-refractivity contribution < 1.29 is 19.0 Å². The second-order valence-corrected chi connectivity index (χ2v) is 8.10. The second-order valence-electron chi connectivity index (χ2n) is 6.78. The Balaban J connectivity index is 2.42. The number of halogens is 3. The number of hydrogen-bond donors (Lipinski definition) is 1. The van der Waals surface area contributed by atoms with Gasteiger partial charge in [0.25, 0.3) is 0 Å². The Morgan fingerprint density at radius 2 is 2.04 bits per heavy atom. The van der Waals surface area contributed by atoms with E-state index in [2.05, 4.69) is 15.9 Å². The van der Waals surface area contributed by atoms with E-state index in [0.717, 1.165) is 4.90 Å². The van der Waals surface area contributed by atoms with Gasteiger partial charge >= 0.3 is 6.09 Å². The maximum Gasteiger partial charge on any atom is 0.408 e. The van der Waals surface area contributed by atoms with Crippen LogP contribution in [0.25, 0.3) is 0 Å². The fraction of sp³-hybridized carbons (Fsp3) is 0.263. The number of amides is 1. The van der Waals surface area contributed by atoms with Gasteiger partial charge in [0.05, 0.1) is 23.2 Å². The lowest BCUT2D eigenvalue weighted by Crippen LogP contribution is -2.44. The average molecular weight is 456 g/mol. The van der Waals surface area contributed by atoms with Crippen LogP contribution in [0.3, 0.4) is 0 Å². The van der Waals surface area contributed by atoms with E-state index in [-0.39, 0.29) is 28.6 Å². The summed E-state index contributed by atoms with van der Waals surface area (Å²) in [4.78, 5) is 12.6. The third-order valence-corrected chi connectivity index (χ3v) is 4.47. The van der Waals surface area contributed by atoms with Gasteiger partial charge in [0.2, 0.25) is 0 Å². The fourth-order valence-corrected chi connectivity index (χ4v) is 3.01. The summed E-state index contributed by atoms with van der Waals surface area (Å²) >= 11 is 9.34. The number of hydrogen-bond acceptors (Lipinski definition) is 3. The van der Waals surface area contributed by atoms with Crippen molar-refractivity contribution in [3.63, 3.8) is 0 Å². The molecule has 0 bridgehead atoms. The maximum atomic E-state index is 15.0. The molecule has 0 spiro atoms. The Morgan fingerprint density at radius 1 is 1.37 bits per heavy atom. The molecular weight excluding hydrogens is 439 g/mol. The molecule has 1 N–H and O–H groups in total. The smallest absolute Gasteiger partial charge is 0.408 e. The fourth-order valence-electron chi connectivity index (χ4n) is 2.36. The standard InChI is InChI=1S/C19H17BrClFN2O3/c1-19(2,3)24(18(25)26)10-12-4-5-15(21)17(16(12)22)27-14-7-11(9-23)6-13(20)8-14/h4-8H,10H2,1-3H3,(H,25,26). The summed E-state index contributed by atoms with van der Waals surface area (Å²) < 4.78 is 21.2. The molecule has 0 unspecified atom stereocenters. The Hall–Kier alpha value is -2.30. The van der Waals surface area contributed by atoms with Gasteiger partial charge < -0.3 is 9.84 Å². The minimum Gasteiger partial charge on any atom is -0.465 e. The molecule has 0 saturated heterocycles. The molecule has 27 heavy (non-hydrogen) atoms. The molecule has 0 heterocycles. The molecule has 5 nitrogen and oxygen atoms in total. The summed E-state index contributed by atoms with van der Waals surface area (Å²) in [6, 6.07) is 9.47. The van der Waals surface area contributed by atoms with Crippen LogP contribution < -0.4 is 4.74 Å². The normalized spacial score (nSPS) is 11.0. The minimum atomic E-state index is -1.16. The van der Waals surface area contributed by atoms with E-state index >= 15 is 4.39 Å². The largest absolute Gasteiger partial charge is 0.465 e. The van der Waals surface area contributed by atoms with Gasteiger partial charge in [0.15, 0.2) is 11.6 Å². The van der Waals surface area contributed by atoms with E-state index in [1.165, 1.54) is 18.2 Å². The Labute approximate surface area is 170 Å². The molecule has 0 saturated carbocycles. The molecule has 1 amide bonds. The SMILES string of the molecule is CC(C)(C)N(Cc1ccc(Cl)c(Oc2cc(Br)cc(C#N)c2)c1F)C(=O)O. The quantitative estimate of drug-likeness (QED) is 0.597. The minimum absolute atomic E-state index is 0.0346. The number of ether oxygens (including phenoxy) is 1. The second kappa shape index (κ2) is 8.15. The number of nitriles is 1. The van der Waals surface area contributed by atoms with Crippen LogP contribution in [0.2, 0.25) is 5.02 Å². The Morgan fingerprint density at radius 3 is 2.59 bits per heavy atom. The summed E-state index contributed by atoms with van der Waals surface area (Å²) in [5.41, 5.74) is -0.260. The predicted molar refractivity (Wildman–Crippen MR) is 104 cm³/mol. The first kappa shape index (κ1) is 21.0. The Bertz CT molecular complexity index is 922. The van der Waals surface area contributed by atoms with Crippen molar-refractivity contribution in [2.45, 2.75) is 32.9 Å². The zero-order chi connectivity index (χ0) is 20.4. The highest BCUT2D eigenvalue weighted by Gasteiger charge is 2.28. The van der Waals surface area contributed by atoms with Gasteiger partial charge in [-0.15, -0.1) is 0 Å². The number of nitrogens with zero attached hydrogens (tertiary/aromatic N) is 2. The molecule has 8 heteroatoms. The van der Waals surface area contributed by atoms with Crippen LogP contribution in [0.15, 0.2) is 34.8 Å². The van der Waals surface area contributed by atoms with Crippen LogP contribution in [0.4, 0.5) is 9.18 Å². The molecule has 0 aliphatic carbocycles. The van der Waals surface area contributed by atoms with Crippen LogP contribution >= 0.6 is 27.5 Å². The highest BCUT2D eigenvalue weighted by Crippen LogP contribution is 2.36. The number of carboxylic acid groups (broad SMARTS) is 1. The first-order chi connectivity index (χ1) is 12.5. The zero-order valence-corrected chi connectivity index (χ0v) is 17.2. The van der Waals surface area contributed by atoms with Gasteiger partial charge in [-0.3, -0.25) is 4.90 Å². The molecule has 0 atom stereocenters. The lowest BCUT2D eigenvalue weighted by atomic mass is 10.0. The maximum absolute atomic E-state index is 15.0. The van der Waals surface area contributed by atoms with Crippen molar-refractivity contribution in [1.82, 2.24) is 4.90 Å². The van der Waals surface area contributed by atoms with Crippen LogP contribution in [-0.2, 0) is 6.54 Å². The van der Waals surface area contributed by atoms with Gasteiger partial charge in [-0.2, -0.15) is 5.26 Å². The monoisotopic (exact) mass is 454 g/mol. The van der Waals surface area contributed by atoms with Crippen LogP contribution in [-0.4, -0.2) is 21.6 Å². The summed E-state index contributed by atoms with van der Waals surface area (Å²) in [6.07, 6.45) is -1.16. The third kappa shape index (κ3) is 5.12. The first-order valence-electron chi connectivity index (χ1n) is 7.89. The summed E-state index contributed by atoms with van der Waals surface area (Å²) in [5, 5.41) is 18.5. The summed E-state index contributed by atoms with van der Waals surface area (Å²) in [6.45, 7) is 4.99. The lowest BCUT2D eigenvalue weighted by molar-refractivity contribution is 0.0947. The van der Waals surface area contributed by atoms with Gasteiger partial charge in [-0.05, 0) is 45.0 Å². The van der Waals surface area contributed by atoms with Crippen LogP contribution in [0.5, 0.6) is 11.5 Å². The Kier molecular flexibility index (Phi) is 6.34. The molecule has 0 aromatic heterocycles. The third-order valence-electron chi connectivity index (χ3n) is 3.72. The van der Waals surface area contributed by atoms with E-state index < -0.39 is 17.4 Å². The van der Waals surface area contributed by atoms with Crippen molar-refractivity contribution in [1.29, 1.82) is 5.26 Å². The van der Waals surface area contributed by atoms with Crippen LogP contribution in [0.1, 0.15) is 31.9 Å². The number of carbonyl (C=O) groups is 1. The van der Waals surface area contributed by atoms with E-state index in [0.29, 0.717) is 10.0 Å². The van der Waals surface area contributed by atoms with Crippen molar-refractivity contribution >= 4 is 33.6 Å². The zero-order valence-electron chi connectivity index (χ0n) is 14.9. The van der Waals surface area contributed by atoms with Gasteiger partial charge in [0.1, 0.15) is 5.75 Å². The molecule has 142 valence electrons. The van der Waals surface area contributed by atoms with Crippen molar-refractivity contribution in [2.75, 3.05) is 0 Å². The highest BCUT2D eigenvalue weighted by molar-refractivity contribution is 9.10. The van der Waals surface area contributed by atoms with E-state index in [1.54, 1.807) is 32.9 Å². The number of rotatable bonds is 4. The predicted octanol–water partition coefficient (Wildman–Crippen LogP) is 6.18. The van der Waals surface area contributed by atoms with Crippen molar-refractivity contribution in [2.24, 2.45) is 0 Å². The van der Waals surface area contributed by atoms with E-state index in [9.17, 15) is 9.90 Å². The topological polar surface area (TPSA) is 73.6 Å². The lowest BCUT2D eigenvalue weighted by Gasteiger charge is -2.33. The van der Waals surface area contributed by atoms with Crippen LogP contribution in [0, 0.1) is 17.1 Å². The average Bonchev–Trinajstić information content (AvgIpc) is 2.55. The molecule has 0 radical (unpaired) electrons. The van der Waals surface area contributed by atoms with E-state index in [4.69, 9.17) is 21.6 Å². The molecule has 0 aliphatic rings. The number of benzene rings is 2. The molecule has 2 aromatic rings. The van der Waals surface area contributed by atoms with E-state index in [1.807, 2.05) is 6.07 Å². The molecule has 2 rings (SSSR count). The summed E-state index contributed by atoms with van der Waals surface area (Å²) in [7, 11) is 0. The molecule has 0 fully saturated rings. The van der Waals surface area contributed by atoms with Gasteiger partial charge in [-0.1, -0.05) is 33.6 Å². The highest BCUT2D eigenvalue weighted by atomic mass is 79.9. The molecular formula is C19H17BrClFN2O3. The van der Waals surface area contributed by atoms with Crippen molar-refractivity contribution in [3.05, 3.63) is 56.8 Å². The summed E-state index contributed by atoms with van der Waals surface area (Å²) in [5.74, 6) is -0.753.